The maximum atomic E-state index is 11.8. The molecule has 16 heavy (non-hydrogen) atoms. The summed E-state index contributed by atoms with van der Waals surface area (Å²) in [5.41, 5.74) is 1.55. The summed E-state index contributed by atoms with van der Waals surface area (Å²) in [7, 11) is 0. The van der Waals surface area contributed by atoms with Gasteiger partial charge in [0.25, 0.3) is 5.91 Å². The molecule has 0 atom stereocenters. The van der Waals surface area contributed by atoms with Gasteiger partial charge in [-0.25, -0.2) is 0 Å². The average Bonchev–Trinajstić information content (AvgIpc) is 2.24. The van der Waals surface area contributed by atoms with Crippen molar-refractivity contribution in [1.82, 2.24) is 5.32 Å². The molecule has 3 nitrogen and oxygen atoms in total. The fraction of sp³-hybridized carbons (Fsp3) is 0.385. The van der Waals surface area contributed by atoms with Crippen molar-refractivity contribution in [3.63, 3.8) is 0 Å². The first kappa shape index (κ1) is 12.3. The first-order valence-corrected chi connectivity index (χ1v) is 5.21. The normalized spacial score (nSPS) is 10.6. The molecule has 0 aliphatic carbocycles. The van der Waals surface area contributed by atoms with E-state index in [-0.39, 0.29) is 17.9 Å². The summed E-state index contributed by atoms with van der Waals surface area (Å²) in [5.74, 6) is -0.188. The molecule has 1 amide bonds. The standard InChI is InChI=1S/C13H16N2O/c1-13(2,3)11-7-5-4-6-10(11)12(16)15-9-8-14/h4-7H,9H2,1-3H3,(H,15,16). The molecule has 1 aromatic carbocycles. The van der Waals surface area contributed by atoms with Crippen LogP contribution in [0.4, 0.5) is 0 Å². The van der Waals surface area contributed by atoms with Crippen LogP contribution in [0.25, 0.3) is 0 Å². The lowest BCUT2D eigenvalue weighted by Crippen LogP contribution is -2.27. The van der Waals surface area contributed by atoms with Crippen LogP contribution < -0.4 is 5.32 Å². The van der Waals surface area contributed by atoms with Gasteiger partial charge in [0, 0.05) is 5.56 Å². The minimum Gasteiger partial charge on any atom is -0.339 e. The molecule has 0 spiro atoms. The first-order chi connectivity index (χ1) is 7.46. The summed E-state index contributed by atoms with van der Waals surface area (Å²) in [5, 5.41) is 11.0. The Bertz CT molecular complexity index is 424. The van der Waals surface area contributed by atoms with Crippen molar-refractivity contribution in [2.45, 2.75) is 26.2 Å². The molecular formula is C13H16N2O. The van der Waals surface area contributed by atoms with Crippen LogP contribution in [0, 0.1) is 11.3 Å². The van der Waals surface area contributed by atoms with E-state index < -0.39 is 0 Å². The zero-order chi connectivity index (χ0) is 12.2. The van der Waals surface area contributed by atoms with Crippen LogP contribution in [0.2, 0.25) is 0 Å². The van der Waals surface area contributed by atoms with E-state index in [1.54, 1.807) is 6.07 Å². The van der Waals surface area contributed by atoms with E-state index in [2.05, 4.69) is 26.1 Å². The molecule has 1 N–H and O–H groups in total. The third-order valence-electron chi connectivity index (χ3n) is 2.31. The van der Waals surface area contributed by atoms with E-state index >= 15 is 0 Å². The molecule has 0 saturated heterocycles. The lowest BCUT2D eigenvalue weighted by atomic mass is 9.83. The van der Waals surface area contributed by atoms with Gasteiger partial charge in [0.05, 0.1) is 6.07 Å². The number of nitriles is 1. The van der Waals surface area contributed by atoms with Gasteiger partial charge in [-0.1, -0.05) is 39.0 Å². The second-order valence-electron chi connectivity index (χ2n) is 4.64. The smallest absolute Gasteiger partial charge is 0.252 e. The fourth-order valence-corrected chi connectivity index (χ4v) is 1.55. The number of hydrogen-bond acceptors (Lipinski definition) is 2. The minimum atomic E-state index is -0.188. The average molecular weight is 216 g/mol. The number of amides is 1. The maximum absolute atomic E-state index is 11.8. The summed E-state index contributed by atoms with van der Waals surface area (Å²) < 4.78 is 0. The van der Waals surface area contributed by atoms with Crippen molar-refractivity contribution in [2.75, 3.05) is 6.54 Å². The molecule has 1 aromatic rings. The van der Waals surface area contributed by atoms with Crippen LogP contribution in [0.1, 0.15) is 36.7 Å². The van der Waals surface area contributed by atoms with Crippen molar-refractivity contribution in [3.8, 4) is 6.07 Å². The molecule has 0 aliphatic rings. The SMILES string of the molecule is CC(C)(C)c1ccccc1C(=O)NCC#N. The minimum absolute atomic E-state index is 0.0390. The summed E-state index contributed by atoms with van der Waals surface area (Å²) >= 11 is 0. The Hall–Kier alpha value is -1.82. The second-order valence-corrected chi connectivity index (χ2v) is 4.64. The van der Waals surface area contributed by atoms with Gasteiger partial charge in [-0.05, 0) is 17.0 Å². The van der Waals surface area contributed by atoms with E-state index in [4.69, 9.17) is 5.26 Å². The molecule has 0 unspecified atom stereocenters. The van der Waals surface area contributed by atoms with Gasteiger partial charge >= 0.3 is 0 Å². The van der Waals surface area contributed by atoms with Gasteiger partial charge in [0.1, 0.15) is 6.54 Å². The molecule has 0 fully saturated rings. The first-order valence-electron chi connectivity index (χ1n) is 5.21. The van der Waals surface area contributed by atoms with Crippen LogP contribution >= 0.6 is 0 Å². The van der Waals surface area contributed by atoms with Gasteiger partial charge in [-0.15, -0.1) is 0 Å². The predicted molar refractivity (Wildman–Crippen MR) is 63.1 cm³/mol. The highest BCUT2D eigenvalue weighted by molar-refractivity contribution is 5.96. The number of carbonyl (C=O) groups is 1. The van der Waals surface area contributed by atoms with E-state index in [1.165, 1.54) is 0 Å². The van der Waals surface area contributed by atoms with Crippen LogP contribution in [-0.4, -0.2) is 12.5 Å². The Morgan fingerprint density at radius 2 is 2.00 bits per heavy atom. The van der Waals surface area contributed by atoms with Gasteiger partial charge in [-0.2, -0.15) is 5.26 Å². The monoisotopic (exact) mass is 216 g/mol. The topological polar surface area (TPSA) is 52.9 Å². The highest BCUT2D eigenvalue weighted by atomic mass is 16.1. The summed E-state index contributed by atoms with van der Waals surface area (Å²) in [6.07, 6.45) is 0. The quantitative estimate of drug-likeness (QED) is 0.771. The van der Waals surface area contributed by atoms with E-state index in [1.807, 2.05) is 24.3 Å². The van der Waals surface area contributed by atoms with Crippen molar-refractivity contribution in [3.05, 3.63) is 35.4 Å². The fourth-order valence-electron chi connectivity index (χ4n) is 1.55. The van der Waals surface area contributed by atoms with Gasteiger partial charge in [-0.3, -0.25) is 4.79 Å². The largest absolute Gasteiger partial charge is 0.339 e. The van der Waals surface area contributed by atoms with Crippen LogP contribution in [0.3, 0.4) is 0 Å². The molecule has 0 bridgehead atoms. The highest BCUT2D eigenvalue weighted by Gasteiger charge is 2.20. The molecule has 0 radical (unpaired) electrons. The number of nitrogens with one attached hydrogen (secondary N) is 1. The van der Waals surface area contributed by atoms with E-state index in [0.717, 1.165) is 5.56 Å². The highest BCUT2D eigenvalue weighted by Crippen LogP contribution is 2.25. The summed E-state index contributed by atoms with van der Waals surface area (Å²) in [4.78, 5) is 11.8. The molecule has 3 heteroatoms. The Morgan fingerprint density at radius 3 is 2.56 bits per heavy atom. The van der Waals surface area contributed by atoms with Crippen LogP contribution in [0.5, 0.6) is 0 Å². The lowest BCUT2D eigenvalue weighted by molar-refractivity contribution is 0.0956. The summed E-state index contributed by atoms with van der Waals surface area (Å²) in [6, 6.07) is 9.37. The molecule has 0 aromatic heterocycles. The van der Waals surface area contributed by atoms with Crippen molar-refractivity contribution < 1.29 is 4.79 Å². The molecule has 84 valence electrons. The van der Waals surface area contributed by atoms with Crippen LogP contribution in [-0.2, 0) is 5.41 Å². The maximum Gasteiger partial charge on any atom is 0.252 e. The third kappa shape index (κ3) is 2.83. The predicted octanol–water partition coefficient (Wildman–Crippen LogP) is 2.24. The van der Waals surface area contributed by atoms with Gasteiger partial charge < -0.3 is 5.32 Å². The Balaban J connectivity index is 3.05. The zero-order valence-corrected chi connectivity index (χ0v) is 9.87. The third-order valence-corrected chi connectivity index (χ3v) is 2.31. The van der Waals surface area contributed by atoms with E-state index in [9.17, 15) is 4.79 Å². The van der Waals surface area contributed by atoms with Crippen molar-refractivity contribution >= 4 is 5.91 Å². The molecule has 0 saturated carbocycles. The summed E-state index contributed by atoms with van der Waals surface area (Å²) in [6.45, 7) is 6.22. The van der Waals surface area contributed by atoms with Gasteiger partial charge in [0.15, 0.2) is 0 Å². The van der Waals surface area contributed by atoms with Crippen LogP contribution in [0.15, 0.2) is 24.3 Å². The number of carbonyl (C=O) groups excluding carboxylic acids is 1. The Morgan fingerprint density at radius 1 is 1.38 bits per heavy atom. The number of benzene rings is 1. The zero-order valence-electron chi connectivity index (χ0n) is 9.87. The number of hydrogen-bond donors (Lipinski definition) is 1. The number of nitrogens with zero attached hydrogens (tertiary/aromatic N) is 1. The number of rotatable bonds is 2. The molecule has 0 aliphatic heterocycles. The Kier molecular flexibility index (Phi) is 3.68. The van der Waals surface area contributed by atoms with E-state index in [0.29, 0.717) is 5.56 Å². The molecular weight excluding hydrogens is 200 g/mol. The lowest BCUT2D eigenvalue weighted by Gasteiger charge is -2.22. The van der Waals surface area contributed by atoms with Crippen molar-refractivity contribution in [1.29, 1.82) is 5.26 Å². The molecule has 1 rings (SSSR count). The Labute approximate surface area is 96.1 Å². The van der Waals surface area contributed by atoms with Crippen molar-refractivity contribution in [2.24, 2.45) is 0 Å². The van der Waals surface area contributed by atoms with Gasteiger partial charge in [0.2, 0.25) is 0 Å². The second kappa shape index (κ2) is 4.80. The molecule has 0 heterocycles.